The van der Waals surface area contributed by atoms with E-state index in [0.29, 0.717) is 18.1 Å². The summed E-state index contributed by atoms with van der Waals surface area (Å²) in [5, 5.41) is 17.0. The summed E-state index contributed by atoms with van der Waals surface area (Å²) in [6, 6.07) is 11.6. The normalized spacial score (nSPS) is 12.0. The van der Waals surface area contributed by atoms with Gasteiger partial charge in [-0.05, 0) is 34.4 Å². The molecule has 1 amide bonds. The summed E-state index contributed by atoms with van der Waals surface area (Å²) in [6.45, 7) is 0.664. The van der Waals surface area contributed by atoms with E-state index in [1.807, 2.05) is 35.7 Å². The van der Waals surface area contributed by atoms with Gasteiger partial charge in [-0.1, -0.05) is 30.3 Å². The lowest BCUT2D eigenvalue weighted by molar-refractivity contribution is -0.118. The van der Waals surface area contributed by atoms with Crippen molar-refractivity contribution in [2.45, 2.75) is 12.5 Å². The highest BCUT2D eigenvalue weighted by atomic mass is 32.2. The van der Waals surface area contributed by atoms with Gasteiger partial charge in [0.05, 0.1) is 11.9 Å². The van der Waals surface area contributed by atoms with Crippen molar-refractivity contribution in [2.24, 2.45) is 0 Å². The van der Waals surface area contributed by atoms with E-state index in [9.17, 15) is 9.90 Å². The summed E-state index contributed by atoms with van der Waals surface area (Å²) in [4.78, 5) is 11.7. The van der Waals surface area contributed by atoms with Gasteiger partial charge in [-0.2, -0.15) is 11.3 Å². The zero-order valence-corrected chi connectivity index (χ0v) is 13.3. The van der Waals surface area contributed by atoms with Crippen LogP contribution in [0.1, 0.15) is 17.2 Å². The van der Waals surface area contributed by atoms with Crippen molar-refractivity contribution in [3.63, 3.8) is 0 Å². The van der Waals surface area contributed by atoms with Crippen molar-refractivity contribution >= 4 is 29.0 Å². The Bertz CT molecular complexity index is 528. The molecular weight excluding hydrogens is 302 g/mol. The highest BCUT2D eigenvalue weighted by molar-refractivity contribution is 7.99. The summed E-state index contributed by atoms with van der Waals surface area (Å²) in [5.74, 6) is 0.936. The van der Waals surface area contributed by atoms with Gasteiger partial charge in [0.1, 0.15) is 0 Å². The number of hydrogen-bond donors (Lipinski definition) is 2. The number of aliphatic hydroxyl groups excluding tert-OH is 1. The van der Waals surface area contributed by atoms with Crippen molar-refractivity contribution < 1.29 is 9.90 Å². The molecule has 0 spiro atoms. The molecule has 0 fully saturated rings. The number of nitrogens with one attached hydrogen (secondary N) is 1. The monoisotopic (exact) mass is 321 g/mol. The molecule has 21 heavy (non-hydrogen) atoms. The van der Waals surface area contributed by atoms with Crippen LogP contribution in [0.3, 0.4) is 0 Å². The minimum absolute atomic E-state index is 0.0236. The van der Waals surface area contributed by atoms with E-state index in [1.54, 1.807) is 11.3 Å². The third-order valence-corrected chi connectivity index (χ3v) is 4.76. The van der Waals surface area contributed by atoms with E-state index < -0.39 is 6.10 Å². The summed E-state index contributed by atoms with van der Waals surface area (Å²) in [6.07, 6.45) is 0.349. The summed E-state index contributed by atoms with van der Waals surface area (Å²) >= 11 is 3.12. The van der Waals surface area contributed by atoms with Crippen molar-refractivity contribution in [3.05, 3.63) is 58.3 Å². The lowest BCUT2D eigenvalue weighted by Crippen LogP contribution is -2.27. The van der Waals surface area contributed by atoms with Gasteiger partial charge in [0.15, 0.2) is 0 Å². The Hall–Kier alpha value is -1.30. The predicted molar refractivity (Wildman–Crippen MR) is 89.8 cm³/mol. The van der Waals surface area contributed by atoms with Gasteiger partial charge in [-0.15, -0.1) is 11.8 Å². The molecule has 0 radical (unpaired) electrons. The Morgan fingerprint density at radius 3 is 2.81 bits per heavy atom. The molecule has 1 unspecified atom stereocenters. The second-order valence-corrected chi connectivity index (χ2v) is 6.48. The van der Waals surface area contributed by atoms with Gasteiger partial charge in [-0.3, -0.25) is 4.79 Å². The number of carbonyl (C=O) groups is 1. The van der Waals surface area contributed by atoms with E-state index in [2.05, 4.69) is 16.8 Å². The Morgan fingerprint density at radius 1 is 1.29 bits per heavy atom. The summed E-state index contributed by atoms with van der Waals surface area (Å²) in [5.41, 5.74) is 2.15. The molecule has 2 N–H and O–H groups in total. The largest absolute Gasteiger partial charge is 0.388 e. The minimum atomic E-state index is -0.519. The first kappa shape index (κ1) is 16.1. The minimum Gasteiger partial charge on any atom is -0.388 e. The first-order chi connectivity index (χ1) is 10.3. The topological polar surface area (TPSA) is 49.3 Å². The molecule has 2 rings (SSSR count). The highest BCUT2D eigenvalue weighted by Crippen LogP contribution is 2.17. The Morgan fingerprint density at radius 2 is 2.10 bits per heavy atom. The maximum atomic E-state index is 11.7. The van der Waals surface area contributed by atoms with Crippen LogP contribution in [0, 0.1) is 0 Å². The van der Waals surface area contributed by atoms with Gasteiger partial charge in [0, 0.05) is 12.3 Å². The van der Waals surface area contributed by atoms with Crippen LogP contribution in [0.15, 0.2) is 47.2 Å². The Kier molecular flexibility index (Phi) is 6.79. The van der Waals surface area contributed by atoms with Crippen LogP contribution in [-0.4, -0.2) is 29.1 Å². The molecule has 1 heterocycles. The molecule has 0 aliphatic carbocycles. The van der Waals surface area contributed by atoms with Crippen molar-refractivity contribution in [1.29, 1.82) is 0 Å². The average molecular weight is 321 g/mol. The fourth-order valence-electron chi connectivity index (χ4n) is 1.87. The quantitative estimate of drug-likeness (QED) is 0.786. The number of carbonyl (C=O) groups excluding carboxylic acids is 1. The van der Waals surface area contributed by atoms with Gasteiger partial charge in [-0.25, -0.2) is 0 Å². The molecule has 3 nitrogen and oxygen atoms in total. The number of thiophene rings is 1. The van der Waals surface area contributed by atoms with Crippen LogP contribution < -0.4 is 5.32 Å². The van der Waals surface area contributed by atoms with Gasteiger partial charge in [0.25, 0.3) is 0 Å². The summed E-state index contributed by atoms with van der Waals surface area (Å²) < 4.78 is 0. The molecule has 0 aliphatic heterocycles. The maximum Gasteiger partial charge on any atom is 0.230 e. The number of amides is 1. The molecule has 0 aliphatic rings. The first-order valence-corrected chi connectivity index (χ1v) is 8.94. The Balaban J connectivity index is 1.58. The zero-order chi connectivity index (χ0) is 14.9. The van der Waals surface area contributed by atoms with Crippen molar-refractivity contribution in [1.82, 2.24) is 5.32 Å². The predicted octanol–water partition coefficient (Wildman–Crippen LogP) is 2.87. The highest BCUT2D eigenvalue weighted by Gasteiger charge is 2.08. The third kappa shape index (κ3) is 5.91. The van der Waals surface area contributed by atoms with Crippen molar-refractivity contribution in [2.75, 3.05) is 18.1 Å². The molecule has 112 valence electrons. The van der Waals surface area contributed by atoms with Crippen LogP contribution in [0.2, 0.25) is 0 Å². The van der Waals surface area contributed by atoms with E-state index in [4.69, 9.17) is 0 Å². The number of thioether (sulfide) groups is 1. The smallest absolute Gasteiger partial charge is 0.230 e. The fraction of sp³-hybridized carbons (Fsp3) is 0.312. The van der Waals surface area contributed by atoms with Crippen LogP contribution in [0.5, 0.6) is 0 Å². The molecule has 0 bridgehead atoms. The third-order valence-electron chi connectivity index (χ3n) is 3.01. The van der Waals surface area contributed by atoms with E-state index >= 15 is 0 Å². The van der Waals surface area contributed by atoms with E-state index in [0.717, 1.165) is 12.0 Å². The molecule has 1 aromatic heterocycles. The van der Waals surface area contributed by atoms with Crippen LogP contribution in [0.25, 0.3) is 0 Å². The molecule has 0 saturated heterocycles. The molecule has 1 atom stereocenters. The summed E-state index contributed by atoms with van der Waals surface area (Å²) in [7, 11) is 0. The van der Waals surface area contributed by atoms with Gasteiger partial charge in [0.2, 0.25) is 5.91 Å². The number of benzene rings is 1. The van der Waals surface area contributed by atoms with Gasteiger partial charge >= 0.3 is 0 Å². The van der Waals surface area contributed by atoms with E-state index in [-0.39, 0.29) is 5.91 Å². The maximum absolute atomic E-state index is 11.7. The number of aliphatic hydroxyl groups is 1. The van der Waals surface area contributed by atoms with Crippen molar-refractivity contribution in [3.8, 4) is 0 Å². The fourth-order valence-corrected chi connectivity index (χ4v) is 3.39. The standard InChI is InChI=1S/C16H19NO2S2/c18-15(14-4-2-1-3-5-14)11-21-12-16(19)17-8-6-13-7-9-20-10-13/h1-5,7,9-10,15,18H,6,8,11-12H2,(H,17,19). The molecule has 5 heteroatoms. The SMILES string of the molecule is O=C(CSCC(O)c1ccccc1)NCCc1ccsc1. The lowest BCUT2D eigenvalue weighted by Gasteiger charge is -2.10. The molecule has 1 aromatic carbocycles. The van der Waals surface area contributed by atoms with Crippen LogP contribution in [-0.2, 0) is 11.2 Å². The van der Waals surface area contributed by atoms with Crippen LogP contribution >= 0.6 is 23.1 Å². The number of rotatable bonds is 8. The second kappa shape index (κ2) is 8.87. The zero-order valence-electron chi connectivity index (χ0n) is 11.7. The first-order valence-electron chi connectivity index (χ1n) is 6.84. The molecule has 0 saturated carbocycles. The number of hydrogen-bond acceptors (Lipinski definition) is 4. The van der Waals surface area contributed by atoms with Gasteiger partial charge < -0.3 is 10.4 Å². The second-order valence-electron chi connectivity index (χ2n) is 4.67. The Labute approximate surface area is 133 Å². The van der Waals surface area contributed by atoms with E-state index in [1.165, 1.54) is 17.3 Å². The molecule has 2 aromatic rings. The average Bonchev–Trinajstić information content (AvgIpc) is 3.01. The van der Waals surface area contributed by atoms with Crippen LogP contribution in [0.4, 0.5) is 0 Å². The lowest BCUT2D eigenvalue weighted by atomic mass is 10.1. The molecular formula is C16H19NO2S2.